The third-order valence-corrected chi connectivity index (χ3v) is 3.75. The molecule has 2 N–H and O–H groups in total. The van der Waals surface area contributed by atoms with Crippen molar-refractivity contribution in [1.82, 2.24) is 5.32 Å². The highest BCUT2D eigenvalue weighted by Gasteiger charge is 2.33. The van der Waals surface area contributed by atoms with Gasteiger partial charge in [0.1, 0.15) is 18.1 Å². The second kappa shape index (κ2) is 9.07. The summed E-state index contributed by atoms with van der Waals surface area (Å²) >= 11 is 0. The molecule has 0 aliphatic heterocycles. The van der Waals surface area contributed by atoms with Crippen molar-refractivity contribution in [1.29, 1.82) is 0 Å². The van der Waals surface area contributed by atoms with Crippen LogP contribution in [0, 0.1) is 10.1 Å². The van der Waals surface area contributed by atoms with Crippen molar-refractivity contribution in [2.45, 2.75) is 19.7 Å². The van der Waals surface area contributed by atoms with Gasteiger partial charge in [-0.15, -0.1) is 0 Å². The molecule has 30 heavy (non-hydrogen) atoms. The fraction of sp³-hybridized carbons (Fsp3) is 0.158. The van der Waals surface area contributed by atoms with Crippen molar-refractivity contribution in [2.75, 3.05) is 0 Å². The van der Waals surface area contributed by atoms with E-state index in [0.29, 0.717) is 12.1 Å². The maximum atomic E-state index is 12.8. The minimum absolute atomic E-state index is 0.105. The Kier molecular flexibility index (Phi) is 6.77. The van der Waals surface area contributed by atoms with Crippen LogP contribution in [0.2, 0.25) is 0 Å². The van der Waals surface area contributed by atoms with Crippen LogP contribution < -0.4 is 10.1 Å². The van der Waals surface area contributed by atoms with Crippen molar-refractivity contribution in [2.24, 2.45) is 0 Å². The number of aliphatic carboxylic acids is 1. The van der Waals surface area contributed by atoms with Crippen LogP contribution in [0.25, 0.3) is 6.08 Å². The van der Waals surface area contributed by atoms with E-state index >= 15 is 0 Å². The molecule has 2 rings (SSSR count). The number of carbonyl (C=O) groups is 2. The van der Waals surface area contributed by atoms with E-state index in [1.807, 2.05) is 0 Å². The van der Waals surface area contributed by atoms with Crippen molar-refractivity contribution >= 4 is 23.6 Å². The van der Waals surface area contributed by atoms with Gasteiger partial charge >= 0.3 is 12.1 Å². The highest BCUT2D eigenvalue weighted by Crippen LogP contribution is 2.33. The fourth-order valence-corrected chi connectivity index (χ4v) is 2.42. The number of nitrogens with one attached hydrogen (secondary N) is 1. The Morgan fingerprint density at radius 2 is 1.90 bits per heavy atom. The number of amides is 1. The molecule has 8 nitrogen and oxygen atoms in total. The van der Waals surface area contributed by atoms with E-state index in [-0.39, 0.29) is 16.9 Å². The molecule has 0 unspecified atom stereocenters. The largest absolute Gasteiger partial charge is 0.488 e. The molecule has 0 heterocycles. The van der Waals surface area contributed by atoms with Crippen LogP contribution in [0.4, 0.5) is 18.9 Å². The molecule has 11 heteroatoms. The van der Waals surface area contributed by atoms with Crippen LogP contribution >= 0.6 is 0 Å². The Morgan fingerprint density at radius 3 is 2.47 bits per heavy atom. The normalized spacial score (nSPS) is 11.7. The van der Waals surface area contributed by atoms with Crippen molar-refractivity contribution in [3.63, 3.8) is 0 Å². The molecule has 0 saturated heterocycles. The SMILES string of the molecule is CC(=O)NC(=Cc1ccccc1OCc1ccc(C(F)(F)F)cc1[N+](=O)[O-])C(=O)O. The minimum Gasteiger partial charge on any atom is -0.488 e. The number of para-hydroxylation sites is 1. The summed E-state index contributed by atoms with van der Waals surface area (Å²) in [6.45, 7) is 0.685. The number of benzene rings is 2. The third-order valence-electron chi connectivity index (χ3n) is 3.75. The van der Waals surface area contributed by atoms with Gasteiger partial charge in [-0.05, 0) is 24.3 Å². The van der Waals surface area contributed by atoms with Gasteiger partial charge in [0.25, 0.3) is 5.69 Å². The Hall–Kier alpha value is -3.89. The van der Waals surface area contributed by atoms with Crippen LogP contribution in [0.5, 0.6) is 5.75 Å². The summed E-state index contributed by atoms with van der Waals surface area (Å²) in [5, 5.41) is 22.5. The number of carboxylic acids is 1. The zero-order valence-electron chi connectivity index (χ0n) is 15.4. The second-order valence-electron chi connectivity index (χ2n) is 5.97. The topological polar surface area (TPSA) is 119 Å². The predicted octanol–water partition coefficient (Wildman–Crippen LogP) is 3.75. The molecule has 0 atom stereocenters. The number of alkyl halides is 3. The monoisotopic (exact) mass is 424 g/mol. The molecule has 0 aliphatic rings. The van der Waals surface area contributed by atoms with Gasteiger partial charge in [0, 0.05) is 18.6 Å². The molecule has 0 saturated carbocycles. The summed E-state index contributed by atoms with van der Waals surface area (Å²) in [6, 6.07) is 8.09. The molecule has 0 fully saturated rings. The van der Waals surface area contributed by atoms with Crippen LogP contribution in [-0.2, 0) is 22.4 Å². The minimum atomic E-state index is -4.74. The highest BCUT2D eigenvalue weighted by molar-refractivity contribution is 5.96. The molecule has 158 valence electrons. The Balaban J connectivity index is 2.34. The first kappa shape index (κ1) is 22.4. The number of carboxylic acid groups (broad SMARTS) is 1. The number of nitro benzene ring substituents is 1. The third kappa shape index (κ3) is 5.80. The lowest BCUT2D eigenvalue weighted by Crippen LogP contribution is -2.24. The smallest absolute Gasteiger partial charge is 0.416 e. The standard InChI is InChI=1S/C19H15F3N2O6/c1-11(25)23-15(18(26)27)8-12-4-2-3-5-17(12)30-10-13-6-7-14(19(20,21)22)9-16(13)24(28)29/h2-9H,10H2,1H3,(H,23,25)(H,26,27). The van der Waals surface area contributed by atoms with Crippen LogP contribution in [-0.4, -0.2) is 21.9 Å². The van der Waals surface area contributed by atoms with Crippen LogP contribution in [0.15, 0.2) is 48.2 Å². The zero-order chi connectivity index (χ0) is 22.5. The van der Waals surface area contributed by atoms with E-state index in [9.17, 15) is 38.0 Å². The van der Waals surface area contributed by atoms with E-state index < -0.39 is 46.5 Å². The van der Waals surface area contributed by atoms with E-state index in [2.05, 4.69) is 5.32 Å². The van der Waals surface area contributed by atoms with E-state index in [1.165, 1.54) is 12.1 Å². The van der Waals surface area contributed by atoms with Gasteiger partial charge < -0.3 is 15.2 Å². The maximum absolute atomic E-state index is 12.8. The molecule has 2 aromatic carbocycles. The summed E-state index contributed by atoms with van der Waals surface area (Å²) in [6.07, 6.45) is -3.61. The highest BCUT2D eigenvalue weighted by atomic mass is 19.4. The molecule has 0 bridgehead atoms. The van der Waals surface area contributed by atoms with E-state index in [0.717, 1.165) is 19.1 Å². The number of rotatable bonds is 7. The number of ether oxygens (including phenoxy) is 1. The summed E-state index contributed by atoms with van der Waals surface area (Å²) in [7, 11) is 0. The first-order chi connectivity index (χ1) is 14.0. The Bertz CT molecular complexity index is 1020. The Morgan fingerprint density at radius 1 is 1.23 bits per heavy atom. The molecule has 0 aromatic heterocycles. The average Bonchev–Trinajstić information content (AvgIpc) is 2.65. The van der Waals surface area contributed by atoms with Gasteiger partial charge in [-0.1, -0.05) is 18.2 Å². The number of halogens is 3. The van der Waals surface area contributed by atoms with E-state index in [1.54, 1.807) is 12.1 Å². The number of hydrogen-bond donors (Lipinski definition) is 2. The summed E-state index contributed by atoms with van der Waals surface area (Å²) in [4.78, 5) is 32.6. The van der Waals surface area contributed by atoms with Gasteiger partial charge in [-0.3, -0.25) is 14.9 Å². The second-order valence-corrected chi connectivity index (χ2v) is 5.97. The lowest BCUT2D eigenvalue weighted by molar-refractivity contribution is -0.386. The molecule has 0 radical (unpaired) electrons. The van der Waals surface area contributed by atoms with E-state index in [4.69, 9.17) is 4.74 Å². The maximum Gasteiger partial charge on any atom is 0.416 e. The lowest BCUT2D eigenvalue weighted by Gasteiger charge is -2.12. The summed E-state index contributed by atoms with van der Waals surface area (Å²) < 4.78 is 43.9. The van der Waals surface area contributed by atoms with Gasteiger partial charge in [-0.2, -0.15) is 13.2 Å². The first-order valence-corrected chi connectivity index (χ1v) is 8.28. The zero-order valence-corrected chi connectivity index (χ0v) is 15.4. The molecular formula is C19H15F3N2O6. The summed E-state index contributed by atoms with van der Waals surface area (Å²) in [5.74, 6) is -1.91. The lowest BCUT2D eigenvalue weighted by atomic mass is 10.1. The number of hydrogen-bond acceptors (Lipinski definition) is 5. The van der Waals surface area contributed by atoms with Gasteiger partial charge in [0.15, 0.2) is 0 Å². The van der Waals surface area contributed by atoms with Crippen LogP contribution in [0.3, 0.4) is 0 Å². The molecule has 1 amide bonds. The molecule has 0 spiro atoms. The first-order valence-electron chi connectivity index (χ1n) is 8.28. The number of carbonyl (C=O) groups excluding carboxylic acids is 1. The summed E-state index contributed by atoms with van der Waals surface area (Å²) in [5.41, 5.74) is -2.23. The number of nitro groups is 1. The molecule has 2 aromatic rings. The Labute approximate surface area is 167 Å². The van der Waals surface area contributed by atoms with Crippen molar-refractivity contribution < 1.29 is 37.5 Å². The number of nitrogens with zero attached hydrogens (tertiary/aromatic N) is 1. The van der Waals surface area contributed by atoms with Gasteiger partial charge in [0.2, 0.25) is 5.91 Å². The quantitative estimate of drug-likeness (QED) is 0.397. The van der Waals surface area contributed by atoms with Gasteiger partial charge in [0.05, 0.1) is 16.1 Å². The fourth-order valence-electron chi connectivity index (χ4n) is 2.42. The van der Waals surface area contributed by atoms with Crippen molar-refractivity contribution in [3.05, 3.63) is 75.0 Å². The molecule has 0 aliphatic carbocycles. The molecular weight excluding hydrogens is 409 g/mol. The van der Waals surface area contributed by atoms with Crippen LogP contribution in [0.1, 0.15) is 23.6 Å². The average molecular weight is 424 g/mol. The van der Waals surface area contributed by atoms with Gasteiger partial charge in [-0.25, -0.2) is 4.79 Å². The van der Waals surface area contributed by atoms with Crippen molar-refractivity contribution in [3.8, 4) is 5.75 Å². The predicted molar refractivity (Wildman–Crippen MR) is 98.3 cm³/mol.